The molecule has 0 aliphatic carbocycles. The quantitative estimate of drug-likeness (QED) is 0.200. The summed E-state index contributed by atoms with van der Waals surface area (Å²) in [7, 11) is 1.64. The van der Waals surface area contributed by atoms with E-state index in [1.165, 1.54) is 12.8 Å². The predicted octanol–water partition coefficient (Wildman–Crippen LogP) is 5.39. The molecule has 4 nitrogen and oxygen atoms in total. The van der Waals surface area contributed by atoms with Gasteiger partial charge in [0.05, 0.1) is 12.5 Å². The van der Waals surface area contributed by atoms with Crippen LogP contribution >= 0.6 is 0 Å². The molecular weight excluding hydrogens is 316 g/mol. The molecule has 0 bridgehead atoms. The number of ether oxygens (including phenoxy) is 2. The Hall–Kier alpha value is -1.16. The molecule has 0 aromatic rings. The number of hydrogen-bond acceptors (Lipinski definition) is 4. The van der Waals surface area contributed by atoms with Crippen LogP contribution in [0.4, 0.5) is 0 Å². The van der Waals surface area contributed by atoms with E-state index in [2.05, 4.69) is 13.5 Å². The predicted molar refractivity (Wildman–Crippen MR) is 103 cm³/mol. The molecule has 0 aromatic carbocycles. The monoisotopic (exact) mass is 354 g/mol. The summed E-state index contributed by atoms with van der Waals surface area (Å²) in [5.41, 5.74) is 0. The van der Waals surface area contributed by atoms with Gasteiger partial charge in [0.1, 0.15) is 11.9 Å². The van der Waals surface area contributed by atoms with E-state index in [0.29, 0.717) is 6.42 Å². The number of Topliss-reactive ketones (excluding diaryl/α,β-unsaturated/α-hetero) is 1. The first kappa shape index (κ1) is 23.8. The van der Waals surface area contributed by atoms with Crippen LogP contribution in [0.5, 0.6) is 0 Å². The lowest BCUT2D eigenvalue weighted by atomic mass is 10.0. The zero-order valence-electron chi connectivity index (χ0n) is 16.6. The molecule has 25 heavy (non-hydrogen) atoms. The number of allylic oxidation sites excluding steroid dienone is 1. The highest BCUT2D eigenvalue weighted by Crippen LogP contribution is 2.16. The van der Waals surface area contributed by atoms with Crippen molar-refractivity contribution in [1.29, 1.82) is 0 Å². The zero-order chi connectivity index (χ0) is 18.9. The van der Waals surface area contributed by atoms with Crippen molar-refractivity contribution in [2.45, 2.75) is 103 Å². The molecule has 0 N–H and O–H groups in total. The number of methoxy groups -OCH3 is 1. The maximum absolute atomic E-state index is 12.2. The molecule has 0 radical (unpaired) electrons. The second kappa shape index (κ2) is 16.3. The van der Waals surface area contributed by atoms with Gasteiger partial charge in [0, 0.05) is 13.5 Å². The lowest BCUT2D eigenvalue weighted by Gasteiger charge is -2.19. The van der Waals surface area contributed by atoms with Crippen LogP contribution in [0, 0.1) is 0 Å². The second-order valence-corrected chi connectivity index (χ2v) is 6.86. The van der Waals surface area contributed by atoms with Crippen molar-refractivity contribution in [3.8, 4) is 0 Å². The normalized spacial score (nSPS) is 13.2. The van der Waals surface area contributed by atoms with Gasteiger partial charge in [-0.3, -0.25) is 9.59 Å². The van der Waals surface area contributed by atoms with Crippen LogP contribution in [0.1, 0.15) is 90.9 Å². The summed E-state index contributed by atoms with van der Waals surface area (Å²) in [4.78, 5) is 23.6. The van der Waals surface area contributed by atoms with Crippen molar-refractivity contribution in [3.05, 3.63) is 12.7 Å². The lowest BCUT2D eigenvalue weighted by Crippen LogP contribution is -2.24. The Morgan fingerprint density at radius 1 is 0.960 bits per heavy atom. The maximum atomic E-state index is 12.2. The Morgan fingerprint density at radius 3 is 2.20 bits per heavy atom. The zero-order valence-corrected chi connectivity index (χ0v) is 16.6. The van der Waals surface area contributed by atoms with Crippen molar-refractivity contribution >= 4 is 11.8 Å². The van der Waals surface area contributed by atoms with E-state index in [-0.39, 0.29) is 30.4 Å². The fraction of sp³-hybridized carbons (Fsp3) is 0.810. The topological polar surface area (TPSA) is 52.6 Å². The van der Waals surface area contributed by atoms with Crippen LogP contribution in [0.25, 0.3) is 0 Å². The molecule has 0 saturated heterocycles. The lowest BCUT2D eigenvalue weighted by molar-refractivity contribution is -0.153. The standard InChI is InChI=1S/C21H38O4/c1-5-7-9-10-11-13-14-19(24-4)17-21(23)25-20(16-18(3)22)15-12-8-6-2/h5,19-20H,1,6-17H2,2-4H3. The van der Waals surface area contributed by atoms with E-state index in [4.69, 9.17) is 9.47 Å². The third-order valence-electron chi connectivity index (χ3n) is 4.35. The molecule has 2 atom stereocenters. The van der Waals surface area contributed by atoms with E-state index >= 15 is 0 Å². The van der Waals surface area contributed by atoms with Crippen LogP contribution in [0.2, 0.25) is 0 Å². The average molecular weight is 355 g/mol. The molecule has 0 aliphatic rings. The first-order valence-electron chi connectivity index (χ1n) is 9.86. The van der Waals surface area contributed by atoms with E-state index in [1.807, 2.05) is 6.08 Å². The van der Waals surface area contributed by atoms with Gasteiger partial charge < -0.3 is 9.47 Å². The Bertz CT molecular complexity index is 365. The molecule has 0 aromatic heterocycles. The number of rotatable bonds is 17. The minimum Gasteiger partial charge on any atom is -0.462 e. The highest BCUT2D eigenvalue weighted by Gasteiger charge is 2.19. The molecule has 146 valence electrons. The smallest absolute Gasteiger partial charge is 0.308 e. The molecule has 2 unspecified atom stereocenters. The molecule has 0 amide bonds. The van der Waals surface area contributed by atoms with E-state index in [1.54, 1.807) is 14.0 Å². The Labute approximate surface area is 154 Å². The first-order valence-corrected chi connectivity index (χ1v) is 9.86. The van der Waals surface area contributed by atoms with Gasteiger partial charge in [0.15, 0.2) is 0 Å². The van der Waals surface area contributed by atoms with Crippen molar-refractivity contribution in [1.82, 2.24) is 0 Å². The fourth-order valence-electron chi connectivity index (χ4n) is 2.88. The summed E-state index contributed by atoms with van der Waals surface area (Å²) in [6.45, 7) is 7.40. The van der Waals surface area contributed by atoms with Crippen LogP contribution < -0.4 is 0 Å². The van der Waals surface area contributed by atoms with Gasteiger partial charge in [-0.15, -0.1) is 6.58 Å². The SMILES string of the molecule is C=CCCCCCCC(CC(=O)OC(CCCCC)CC(C)=O)OC. The number of hydrogen-bond donors (Lipinski definition) is 0. The van der Waals surface area contributed by atoms with Gasteiger partial charge in [-0.2, -0.15) is 0 Å². The number of esters is 1. The molecule has 0 saturated carbocycles. The number of unbranched alkanes of at least 4 members (excludes halogenated alkanes) is 6. The van der Waals surface area contributed by atoms with E-state index < -0.39 is 0 Å². The van der Waals surface area contributed by atoms with Crippen molar-refractivity contribution in [2.75, 3.05) is 7.11 Å². The molecule has 0 fully saturated rings. The van der Waals surface area contributed by atoms with Crippen molar-refractivity contribution in [3.63, 3.8) is 0 Å². The molecule has 0 spiro atoms. The first-order chi connectivity index (χ1) is 12.0. The van der Waals surface area contributed by atoms with Gasteiger partial charge in [0.25, 0.3) is 0 Å². The number of carbonyl (C=O) groups excluding carboxylic acids is 2. The third kappa shape index (κ3) is 14.9. The molecule has 4 heteroatoms. The van der Waals surface area contributed by atoms with Crippen LogP contribution in [-0.4, -0.2) is 31.1 Å². The van der Waals surface area contributed by atoms with Gasteiger partial charge in [-0.05, 0) is 39.0 Å². The average Bonchev–Trinajstić information content (AvgIpc) is 2.56. The highest BCUT2D eigenvalue weighted by molar-refractivity contribution is 5.77. The minimum atomic E-state index is -0.284. The number of carbonyl (C=O) groups is 2. The van der Waals surface area contributed by atoms with Crippen molar-refractivity contribution in [2.24, 2.45) is 0 Å². The van der Waals surface area contributed by atoms with Gasteiger partial charge in [-0.1, -0.05) is 45.1 Å². The molecular formula is C21H38O4. The summed E-state index contributed by atoms with van der Waals surface area (Å²) in [5.74, 6) is -0.182. The Morgan fingerprint density at radius 2 is 1.60 bits per heavy atom. The summed E-state index contributed by atoms with van der Waals surface area (Å²) < 4.78 is 11.0. The van der Waals surface area contributed by atoms with Gasteiger partial charge in [0.2, 0.25) is 0 Å². The van der Waals surface area contributed by atoms with E-state index in [9.17, 15) is 9.59 Å². The van der Waals surface area contributed by atoms with Crippen LogP contribution in [0.15, 0.2) is 12.7 Å². The fourth-order valence-corrected chi connectivity index (χ4v) is 2.88. The summed E-state index contributed by atoms with van der Waals surface area (Å²) >= 11 is 0. The van der Waals surface area contributed by atoms with E-state index in [0.717, 1.165) is 51.4 Å². The number of ketones is 1. The minimum absolute atomic E-state index is 0.0668. The molecule has 0 aliphatic heterocycles. The third-order valence-corrected chi connectivity index (χ3v) is 4.35. The van der Waals surface area contributed by atoms with Gasteiger partial charge in [-0.25, -0.2) is 0 Å². The Kier molecular flexibility index (Phi) is 15.6. The maximum Gasteiger partial charge on any atom is 0.308 e. The van der Waals surface area contributed by atoms with Crippen LogP contribution in [0.3, 0.4) is 0 Å². The Balaban J connectivity index is 4.15. The second-order valence-electron chi connectivity index (χ2n) is 6.86. The largest absolute Gasteiger partial charge is 0.462 e. The molecule has 0 heterocycles. The van der Waals surface area contributed by atoms with Crippen molar-refractivity contribution < 1.29 is 19.1 Å². The summed E-state index contributed by atoms with van der Waals surface area (Å²) in [5, 5.41) is 0. The highest BCUT2D eigenvalue weighted by atomic mass is 16.5. The summed E-state index contributed by atoms with van der Waals surface area (Å²) in [6, 6.07) is 0. The van der Waals surface area contributed by atoms with Crippen LogP contribution in [-0.2, 0) is 19.1 Å². The summed E-state index contributed by atoms with van der Waals surface area (Å²) in [6.07, 6.45) is 12.6. The molecule has 0 rings (SSSR count). The van der Waals surface area contributed by atoms with Gasteiger partial charge >= 0.3 is 5.97 Å².